The molecule has 9 heteroatoms. The zero-order valence-corrected chi connectivity index (χ0v) is 15.8. The van der Waals surface area contributed by atoms with E-state index in [1.54, 1.807) is 4.68 Å². The highest BCUT2D eigenvalue weighted by Gasteiger charge is 2.27. The number of aryl methyl sites for hydroxylation is 1. The molecule has 150 valence electrons. The fourth-order valence-corrected chi connectivity index (χ4v) is 3.75. The number of tetrazole rings is 1. The van der Waals surface area contributed by atoms with Crippen LogP contribution >= 0.6 is 0 Å². The van der Waals surface area contributed by atoms with Gasteiger partial charge >= 0.3 is 0 Å². The summed E-state index contributed by atoms with van der Waals surface area (Å²) in [5.74, 6) is 0.733. The number of carbonyl (C=O) groups excluding carboxylic acids is 1. The number of carbonyl (C=O) groups is 1. The lowest BCUT2D eigenvalue weighted by atomic mass is 10.00. The van der Waals surface area contributed by atoms with Gasteiger partial charge in [0.05, 0.1) is 31.9 Å². The largest absolute Gasteiger partial charge is 0.388 e. The number of ether oxygens (including phenoxy) is 1. The maximum Gasteiger partial charge on any atom is 0.220 e. The molecular weight excluding hydrogens is 360 g/mol. The van der Waals surface area contributed by atoms with Gasteiger partial charge in [-0.15, -0.1) is 5.10 Å². The van der Waals surface area contributed by atoms with Crippen molar-refractivity contribution in [2.24, 2.45) is 0 Å². The lowest BCUT2D eigenvalue weighted by Gasteiger charge is -2.28. The van der Waals surface area contributed by atoms with Crippen molar-refractivity contribution in [2.75, 3.05) is 19.8 Å². The molecule has 3 heterocycles. The van der Waals surface area contributed by atoms with E-state index in [1.165, 1.54) is 11.1 Å². The first-order chi connectivity index (χ1) is 13.7. The number of hydrogen-bond acceptors (Lipinski definition) is 7. The van der Waals surface area contributed by atoms with Crippen molar-refractivity contribution in [2.45, 2.75) is 51.0 Å². The van der Waals surface area contributed by atoms with Gasteiger partial charge in [0.1, 0.15) is 0 Å². The first kappa shape index (κ1) is 19.0. The zero-order chi connectivity index (χ0) is 19.3. The number of nitrogens with one attached hydrogen (secondary N) is 1. The van der Waals surface area contributed by atoms with Gasteiger partial charge in [0.15, 0.2) is 5.82 Å². The zero-order valence-electron chi connectivity index (χ0n) is 15.8. The molecule has 2 aliphatic rings. The number of nitrogens with zero attached hydrogens (tertiary/aromatic N) is 5. The van der Waals surface area contributed by atoms with E-state index in [9.17, 15) is 9.90 Å². The van der Waals surface area contributed by atoms with Crippen molar-refractivity contribution in [1.29, 1.82) is 0 Å². The third-order valence-corrected chi connectivity index (χ3v) is 5.35. The highest BCUT2D eigenvalue weighted by Crippen LogP contribution is 2.19. The second kappa shape index (κ2) is 8.76. The van der Waals surface area contributed by atoms with Crippen LogP contribution in [0.2, 0.25) is 0 Å². The van der Waals surface area contributed by atoms with Crippen LogP contribution in [0.1, 0.15) is 29.8 Å². The van der Waals surface area contributed by atoms with Crippen molar-refractivity contribution in [3.05, 3.63) is 41.2 Å². The fourth-order valence-electron chi connectivity index (χ4n) is 3.75. The molecule has 1 amide bonds. The monoisotopic (exact) mass is 386 g/mol. The molecule has 0 saturated carbocycles. The van der Waals surface area contributed by atoms with Crippen molar-refractivity contribution < 1.29 is 14.6 Å². The van der Waals surface area contributed by atoms with E-state index in [0.29, 0.717) is 32.5 Å². The van der Waals surface area contributed by atoms with Crippen LogP contribution in [0.3, 0.4) is 0 Å². The van der Waals surface area contributed by atoms with Crippen LogP contribution in [0.5, 0.6) is 0 Å². The Morgan fingerprint density at radius 2 is 2.14 bits per heavy atom. The minimum absolute atomic E-state index is 0.0863. The third-order valence-electron chi connectivity index (χ3n) is 5.35. The van der Waals surface area contributed by atoms with Gasteiger partial charge in [-0.2, -0.15) is 0 Å². The molecule has 9 nitrogen and oxygen atoms in total. The average Bonchev–Trinajstić information content (AvgIpc) is 3.31. The lowest BCUT2D eigenvalue weighted by molar-refractivity contribution is -0.122. The molecule has 4 rings (SSSR count). The van der Waals surface area contributed by atoms with E-state index >= 15 is 0 Å². The lowest BCUT2D eigenvalue weighted by Crippen LogP contribution is -2.42. The van der Waals surface area contributed by atoms with Gasteiger partial charge in [0.25, 0.3) is 0 Å². The number of fused-ring (bicyclic) bond motifs is 1. The Bertz CT molecular complexity index is 810. The Balaban J connectivity index is 1.25. The van der Waals surface area contributed by atoms with Gasteiger partial charge in [0, 0.05) is 26.1 Å². The Morgan fingerprint density at radius 3 is 2.96 bits per heavy atom. The molecule has 28 heavy (non-hydrogen) atoms. The molecule has 2 aromatic rings. The summed E-state index contributed by atoms with van der Waals surface area (Å²) >= 11 is 0. The Kier molecular flexibility index (Phi) is 5.94. The molecule has 0 unspecified atom stereocenters. The minimum Gasteiger partial charge on any atom is -0.388 e. The maximum absolute atomic E-state index is 12.0. The first-order valence-electron chi connectivity index (χ1n) is 9.78. The van der Waals surface area contributed by atoms with Crippen LogP contribution < -0.4 is 5.32 Å². The summed E-state index contributed by atoms with van der Waals surface area (Å²) in [7, 11) is 0. The molecule has 0 spiro atoms. The predicted octanol–water partition coefficient (Wildman–Crippen LogP) is -0.112. The van der Waals surface area contributed by atoms with Crippen molar-refractivity contribution in [3.63, 3.8) is 0 Å². The summed E-state index contributed by atoms with van der Waals surface area (Å²) in [6, 6.07) is 8.23. The maximum atomic E-state index is 12.0. The Morgan fingerprint density at radius 1 is 1.29 bits per heavy atom. The predicted molar refractivity (Wildman–Crippen MR) is 100 cm³/mol. The van der Waals surface area contributed by atoms with Gasteiger partial charge in [-0.1, -0.05) is 24.3 Å². The summed E-state index contributed by atoms with van der Waals surface area (Å²) in [6.07, 6.45) is 1.41. The molecule has 2 N–H and O–H groups in total. The van der Waals surface area contributed by atoms with E-state index in [4.69, 9.17) is 4.74 Å². The van der Waals surface area contributed by atoms with Gasteiger partial charge in [0.2, 0.25) is 5.91 Å². The molecule has 0 radical (unpaired) electrons. The van der Waals surface area contributed by atoms with E-state index in [-0.39, 0.29) is 18.6 Å². The number of amides is 1. The van der Waals surface area contributed by atoms with Crippen LogP contribution in [-0.4, -0.2) is 68.0 Å². The summed E-state index contributed by atoms with van der Waals surface area (Å²) in [6.45, 7) is 3.81. The first-order valence-corrected chi connectivity index (χ1v) is 9.78. The molecule has 1 saturated heterocycles. The topological polar surface area (TPSA) is 105 Å². The molecular formula is C19H26N6O3. The Labute approximate surface area is 163 Å². The number of aliphatic hydroxyl groups excluding tert-OH is 1. The van der Waals surface area contributed by atoms with Crippen molar-refractivity contribution in [1.82, 2.24) is 30.4 Å². The second-order valence-corrected chi connectivity index (χ2v) is 7.43. The number of aliphatic hydroxyl groups is 1. The molecule has 0 bridgehead atoms. The van der Waals surface area contributed by atoms with Gasteiger partial charge in [-0.25, -0.2) is 4.68 Å². The number of aromatic nitrogens is 4. The normalized spacial score (nSPS) is 22.2. The summed E-state index contributed by atoms with van der Waals surface area (Å²) in [5.41, 5.74) is 2.78. The van der Waals surface area contributed by atoms with Gasteiger partial charge in [-0.3, -0.25) is 9.69 Å². The molecule has 2 atom stereocenters. The molecule has 0 aliphatic carbocycles. The highest BCUT2D eigenvalue weighted by molar-refractivity contribution is 5.76. The minimum atomic E-state index is -0.621. The average molecular weight is 386 g/mol. The smallest absolute Gasteiger partial charge is 0.220 e. The van der Waals surface area contributed by atoms with E-state index in [2.05, 4.69) is 50.0 Å². The second-order valence-electron chi connectivity index (χ2n) is 7.43. The van der Waals surface area contributed by atoms with Gasteiger partial charge < -0.3 is 15.2 Å². The third kappa shape index (κ3) is 4.54. The van der Waals surface area contributed by atoms with E-state index < -0.39 is 6.10 Å². The summed E-state index contributed by atoms with van der Waals surface area (Å²) in [4.78, 5) is 14.4. The highest BCUT2D eigenvalue weighted by atomic mass is 16.5. The molecule has 2 aliphatic heterocycles. The standard InChI is InChI=1S/C19H26N6O3/c26-17-13-28-12-16(17)20-19(27)6-3-8-25-18(21-22-23-25)11-24-9-7-14-4-1-2-5-15(14)10-24/h1-2,4-5,16-17,26H,3,6-13H2,(H,20,27)/t16-,17-/m0/s1. The quantitative estimate of drug-likeness (QED) is 0.684. The number of rotatable bonds is 7. The fraction of sp³-hybridized carbons (Fsp3) is 0.579. The summed E-state index contributed by atoms with van der Waals surface area (Å²) in [5, 5.41) is 24.6. The van der Waals surface area contributed by atoms with Crippen LogP contribution in [0.4, 0.5) is 0 Å². The number of benzene rings is 1. The molecule has 1 fully saturated rings. The van der Waals surface area contributed by atoms with Crippen molar-refractivity contribution in [3.8, 4) is 0 Å². The summed E-state index contributed by atoms with van der Waals surface area (Å²) < 4.78 is 6.92. The van der Waals surface area contributed by atoms with Crippen LogP contribution in [-0.2, 0) is 35.6 Å². The van der Waals surface area contributed by atoms with Crippen LogP contribution in [0.15, 0.2) is 24.3 Å². The molecule has 1 aromatic carbocycles. The van der Waals surface area contributed by atoms with Crippen molar-refractivity contribution >= 4 is 5.91 Å². The number of hydrogen-bond donors (Lipinski definition) is 2. The molecule has 1 aromatic heterocycles. The van der Waals surface area contributed by atoms with Crippen LogP contribution in [0.25, 0.3) is 0 Å². The van der Waals surface area contributed by atoms with Crippen LogP contribution in [0, 0.1) is 0 Å². The van der Waals surface area contributed by atoms with E-state index in [1.807, 2.05) is 0 Å². The SMILES string of the molecule is O=C(CCCn1nnnc1CN1CCc2ccccc2C1)N[C@H]1COC[C@@H]1O. The Hall–Kier alpha value is -2.36. The van der Waals surface area contributed by atoms with Gasteiger partial charge in [-0.05, 0) is 34.4 Å². The van der Waals surface area contributed by atoms with E-state index in [0.717, 1.165) is 25.3 Å².